The van der Waals surface area contributed by atoms with Gasteiger partial charge in [0.15, 0.2) is 0 Å². The molecule has 0 spiro atoms. The molecule has 0 heterocycles. The average Bonchev–Trinajstić information content (AvgIpc) is 3.34. The first-order valence-corrected chi connectivity index (χ1v) is 23.7. The van der Waals surface area contributed by atoms with Crippen molar-refractivity contribution in [2.24, 2.45) is 0 Å². The highest BCUT2D eigenvalue weighted by Gasteiger charge is 3.39. The molecular weight excluding hydrogens is 423 g/mol. The van der Waals surface area contributed by atoms with Crippen LogP contribution in [-0.2, 0) is 0 Å². The van der Waals surface area contributed by atoms with Crippen molar-refractivity contribution in [1.29, 1.82) is 0 Å². The second-order valence-corrected chi connectivity index (χ2v) is 31.2. The Morgan fingerprint density at radius 3 is 0.774 bits per heavy atom. The van der Waals surface area contributed by atoms with Crippen LogP contribution in [0, 0.1) is 0 Å². The third-order valence-electron chi connectivity index (χ3n) is 9.92. The smallest absolute Gasteiger partial charge is 0.319 e. The summed E-state index contributed by atoms with van der Waals surface area (Å²) in [6.45, 7) is 44.9. The maximum absolute atomic E-state index is 2.96. The fourth-order valence-corrected chi connectivity index (χ4v) is 31.8. The molecule has 180 valence electrons. The van der Waals surface area contributed by atoms with E-state index in [9.17, 15) is 0 Å². The van der Waals surface area contributed by atoms with E-state index in [4.69, 9.17) is 0 Å². The van der Waals surface area contributed by atoms with Crippen LogP contribution < -0.4 is 0 Å². The van der Waals surface area contributed by atoms with E-state index in [2.05, 4.69) is 124 Å². The van der Waals surface area contributed by atoms with Crippen molar-refractivity contribution in [3.8, 4) is 0 Å². The number of hydrogen-bond donors (Lipinski definition) is 0. The maximum Gasteiger partial charge on any atom is 0.319 e. The lowest BCUT2D eigenvalue weighted by molar-refractivity contribution is 0.218. The highest BCUT2D eigenvalue weighted by atomic mass is 28.3. The molecule has 4 aliphatic rings. The summed E-state index contributed by atoms with van der Waals surface area (Å²) in [5, 5.41) is 2.66. The van der Waals surface area contributed by atoms with Crippen LogP contribution in [0.4, 0.5) is 0 Å². The quantitative estimate of drug-likeness (QED) is 0.296. The second kappa shape index (κ2) is 6.64. The summed E-state index contributed by atoms with van der Waals surface area (Å²) in [5.74, 6) is 0. The fourth-order valence-electron chi connectivity index (χ4n) is 10.8. The lowest BCUT2D eigenvalue weighted by Crippen LogP contribution is -2.63. The first-order valence-electron chi connectivity index (χ1n) is 13.2. The van der Waals surface area contributed by atoms with Gasteiger partial charge in [-0.3, -0.25) is 0 Å². The van der Waals surface area contributed by atoms with Gasteiger partial charge in [0.25, 0.3) is 0 Å². The molecular formula is C25H55BN2Si3. The number of rotatable bonds is 10. The van der Waals surface area contributed by atoms with Crippen LogP contribution in [0.25, 0.3) is 0 Å². The molecule has 4 rings (SSSR count). The van der Waals surface area contributed by atoms with Crippen LogP contribution in [0.1, 0.15) is 55.4 Å². The highest BCUT2D eigenvalue weighted by Crippen LogP contribution is 3.54. The first-order chi connectivity index (χ1) is 13.7. The largest absolute Gasteiger partial charge is 0.323 e. The van der Waals surface area contributed by atoms with Crippen molar-refractivity contribution in [1.82, 2.24) is 9.62 Å². The van der Waals surface area contributed by atoms with Crippen molar-refractivity contribution in [2.45, 2.75) is 159 Å². The Labute approximate surface area is 199 Å². The second-order valence-electron chi connectivity index (χ2n) is 15.5. The SMILES string of the molecule is CC(C)N(B(N(C(C)C)C(C)C)C12C3([Si](C)(C)C)C1([Si](C)(C)C)C23[Si](C)(C)C)C(C)C. The van der Waals surface area contributed by atoms with Crippen LogP contribution in [0.15, 0.2) is 0 Å². The third kappa shape index (κ3) is 2.34. The van der Waals surface area contributed by atoms with Gasteiger partial charge in [-0.1, -0.05) is 114 Å². The van der Waals surface area contributed by atoms with Crippen molar-refractivity contribution < 1.29 is 0 Å². The standard InChI is InChI=1S/C25H55BN2Si3/c1-18(2)27(19(3)4)26(28(20(5)6)21(7)8)22-23(29(9,10)11)24(22,30(12,13)14)25(22,23)31(15,16)17/h18-21H,1-17H3. The topological polar surface area (TPSA) is 6.48 Å². The van der Waals surface area contributed by atoms with Gasteiger partial charge in [-0.15, -0.1) is 0 Å². The summed E-state index contributed by atoms with van der Waals surface area (Å²) in [4.78, 5) is 5.93. The Morgan fingerprint density at radius 1 is 0.452 bits per heavy atom. The molecule has 2 nitrogen and oxygen atoms in total. The summed E-state index contributed by atoms with van der Waals surface area (Å²) < 4.78 is 0. The molecule has 0 aromatic carbocycles. The normalized spacial score (nSPS) is 36.9. The molecule has 0 radical (unpaired) electrons. The molecule has 31 heavy (non-hydrogen) atoms. The minimum atomic E-state index is -1.35. The van der Waals surface area contributed by atoms with Crippen LogP contribution in [0.3, 0.4) is 0 Å². The molecule has 0 atom stereocenters. The molecule has 0 N–H and O–H groups in total. The number of nitrogens with zero attached hydrogens (tertiary/aromatic N) is 2. The van der Waals surface area contributed by atoms with Crippen molar-refractivity contribution >= 4 is 31.2 Å². The molecule has 0 aliphatic heterocycles. The fraction of sp³-hybridized carbons (Fsp3) is 1.00. The molecule has 0 unspecified atom stereocenters. The monoisotopic (exact) mass is 478 g/mol. The van der Waals surface area contributed by atoms with Crippen LogP contribution >= 0.6 is 0 Å². The van der Waals surface area contributed by atoms with Crippen molar-refractivity contribution in [2.75, 3.05) is 0 Å². The molecule has 0 bridgehead atoms. The van der Waals surface area contributed by atoms with E-state index in [0.717, 1.165) is 0 Å². The van der Waals surface area contributed by atoms with E-state index in [1.807, 2.05) is 0 Å². The predicted molar refractivity (Wildman–Crippen MR) is 151 cm³/mol. The summed E-state index contributed by atoms with van der Waals surface area (Å²) in [5.41, 5.74) is 0. The van der Waals surface area contributed by atoms with E-state index in [-0.39, 0.29) is 0 Å². The lowest BCUT2D eigenvalue weighted by atomic mass is 9.60. The predicted octanol–water partition coefficient (Wildman–Crippen LogP) is 7.73. The number of hydrogen-bond acceptors (Lipinski definition) is 2. The van der Waals surface area contributed by atoms with Crippen molar-refractivity contribution in [3.63, 3.8) is 0 Å². The van der Waals surface area contributed by atoms with Crippen LogP contribution in [0.2, 0.25) is 79.4 Å². The summed E-state index contributed by atoms with van der Waals surface area (Å²) in [6, 6.07) is 2.32. The summed E-state index contributed by atoms with van der Waals surface area (Å²) >= 11 is 0. The Hall–Kier alpha value is 0.636. The minimum Gasteiger partial charge on any atom is -0.323 e. The Kier molecular flexibility index (Phi) is 5.62. The van der Waals surface area contributed by atoms with E-state index < -0.39 is 24.2 Å². The molecule has 0 saturated heterocycles. The van der Waals surface area contributed by atoms with Crippen molar-refractivity contribution in [3.05, 3.63) is 0 Å². The Balaban J connectivity index is 2.35. The zero-order valence-corrected chi connectivity index (χ0v) is 27.3. The molecule has 0 aromatic rings. The van der Waals surface area contributed by atoms with E-state index in [1.54, 1.807) is 0 Å². The van der Waals surface area contributed by atoms with E-state index >= 15 is 0 Å². The van der Waals surface area contributed by atoms with Gasteiger partial charge in [-0.2, -0.15) is 0 Å². The third-order valence-corrected chi connectivity index (χ3v) is 20.9. The maximum atomic E-state index is 2.96. The van der Waals surface area contributed by atoms with Gasteiger partial charge >= 0.3 is 6.98 Å². The molecule has 4 fully saturated rings. The Bertz CT molecular complexity index is 633. The van der Waals surface area contributed by atoms with Crippen LogP contribution in [-0.4, -0.2) is 65.0 Å². The van der Waals surface area contributed by atoms with Gasteiger partial charge in [-0.05, 0) is 44.6 Å². The molecule has 6 heteroatoms. The van der Waals surface area contributed by atoms with Gasteiger partial charge in [0.05, 0.1) is 24.2 Å². The van der Waals surface area contributed by atoms with E-state index in [1.165, 1.54) is 0 Å². The summed E-state index contributed by atoms with van der Waals surface area (Å²) in [6.07, 6.45) is 0. The molecule has 4 aliphatic carbocycles. The van der Waals surface area contributed by atoms with Gasteiger partial charge in [0, 0.05) is 0 Å². The average molecular weight is 479 g/mol. The summed E-state index contributed by atoms with van der Waals surface area (Å²) in [7, 11) is -4.05. The molecule has 4 saturated carbocycles. The Morgan fingerprint density at radius 2 is 0.645 bits per heavy atom. The van der Waals surface area contributed by atoms with Gasteiger partial charge < -0.3 is 9.62 Å². The van der Waals surface area contributed by atoms with E-state index in [0.29, 0.717) is 51.6 Å². The van der Waals surface area contributed by atoms with Crippen LogP contribution in [0.5, 0.6) is 0 Å². The minimum absolute atomic E-state index is 0.565. The lowest BCUT2D eigenvalue weighted by Gasteiger charge is -2.47. The zero-order valence-electron chi connectivity index (χ0n) is 24.3. The first kappa shape index (κ1) is 26.2. The zero-order chi connectivity index (χ0) is 24.5. The van der Waals surface area contributed by atoms with Gasteiger partial charge in [0.2, 0.25) is 0 Å². The van der Waals surface area contributed by atoms with Gasteiger partial charge in [0.1, 0.15) is 0 Å². The molecule has 0 aromatic heterocycles. The highest BCUT2D eigenvalue weighted by molar-refractivity contribution is 7.11. The van der Waals surface area contributed by atoms with Gasteiger partial charge in [-0.25, -0.2) is 0 Å². The molecule has 0 amide bonds.